The van der Waals surface area contributed by atoms with Gasteiger partial charge in [-0.15, -0.1) is 0 Å². The van der Waals surface area contributed by atoms with Crippen molar-refractivity contribution in [3.8, 4) is 0 Å². The van der Waals surface area contributed by atoms with E-state index in [0.717, 1.165) is 23.9 Å². The van der Waals surface area contributed by atoms with Gasteiger partial charge >= 0.3 is 0 Å². The Kier molecular flexibility index (Phi) is 2.52. The van der Waals surface area contributed by atoms with Crippen LogP contribution in [-0.2, 0) is 6.42 Å². The number of anilines is 2. The van der Waals surface area contributed by atoms with Gasteiger partial charge in [0.1, 0.15) is 17.5 Å². The smallest absolute Gasteiger partial charge is 0.132 e. The van der Waals surface area contributed by atoms with E-state index in [-0.39, 0.29) is 0 Å². The molecule has 0 unspecified atom stereocenters. The lowest BCUT2D eigenvalue weighted by Crippen LogP contribution is -2.07. The van der Waals surface area contributed by atoms with Crippen LogP contribution < -0.4 is 10.6 Å². The van der Waals surface area contributed by atoms with Gasteiger partial charge in [-0.2, -0.15) is 0 Å². The molecule has 1 fully saturated rings. The fraction of sp³-hybridized carbons (Fsp3) is 0.600. The first-order chi connectivity index (χ1) is 6.81. The molecule has 2 rings (SSSR count). The summed E-state index contributed by atoms with van der Waals surface area (Å²) in [6.07, 6.45) is 3.40. The zero-order chi connectivity index (χ0) is 9.97. The summed E-state index contributed by atoms with van der Waals surface area (Å²) in [5.74, 6) is 2.73. The highest BCUT2D eigenvalue weighted by atomic mass is 15.1. The lowest BCUT2D eigenvalue weighted by molar-refractivity contribution is 0.934. The monoisotopic (exact) mass is 192 g/mol. The van der Waals surface area contributed by atoms with Crippen LogP contribution in [0.5, 0.6) is 0 Å². The third-order valence-corrected chi connectivity index (χ3v) is 2.27. The first-order valence-electron chi connectivity index (χ1n) is 5.14. The lowest BCUT2D eigenvalue weighted by atomic mass is 10.4. The van der Waals surface area contributed by atoms with Crippen LogP contribution >= 0.6 is 0 Å². The molecule has 0 aliphatic heterocycles. The van der Waals surface area contributed by atoms with E-state index in [1.807, 2.05) is 13.1 Å². The number of nitrogens with zero attached hydrogens (tertiary/aromatic N) is 2. The topological polar surface area (TPSA) is 49.8 Å². The van der Waals surface area contributed by atoms with Gasteiger partial charge in [0.25, 0.3) is 0 Å². The van der Waals surface area contributed by atoms with E-state index in [1.165, 1.54) is 12.8 Å². The van der Waals surface area contributed by atoms with Gasteiger partial charge in [0.2, 0.25) is 0 Å². The van der Waals surface area contributed by atoms with Crippen molar-refractivity contribution in [1.29, 1.82) is 0 Å². The van der Waals surface area contributed by atoms with Crippen molar-refractivity contribution < 1.29 is 0 Å². The van der Waals surface area contributed by atoms with E-state index in [2.05, 4.69) is 27.5 Å². The van der Waals surface area contributed by atoms with Crippen molar-refractivity contribution in [3.63, 3.8) is 0 Å². The largest absolute Gasteiger partial charge is 0.373 e. The molecule has 4 heteroatoms. The summed E-state index contributed by atoms with van der Waals surface area (Å²) in [5.41, 5.74) is 0. The molecule has 1 aliphatic rings. The van der Waals surface area contributed by atoms with Crippen molar-refractivity contribution >= 4 is 11.6 Å². The fourth-order valence-corrected chi connectivity index (χ4v) is 1.29. The van der Waals surface area contributed by atoms with Crippen molar-refractivity contribution in [2.75, 3.05) is 17.7 Å². The molecule has 4 nitrogen and oxygen atoms in total. The molecule has 0 aromatic carbocycles. The van der Waals surface area contributed by atoms with Crippen molar-refractivity contribution in [3.05, 3.63) is 11.9 Å². The summed E-state index contributed by atoms with van der Waals surface area (Å²) >= 11 is 0. The van der Waals surface area contributed by atoms with Gasteiger partial charge in [-0.05, 0) is 12.8 Å². The van der Waals surface area contributed by atoms with E-state index in [0.29, 0.717) is 6.04 Å². The third kappa shape index (κ3) is 2.13. The second kappa shape index (κ2) is 3.82. The molecule has 1 aliphatic carbocycles. The minimum Gasteiger partial charge on any atom is -0.373 e. The Morgan fingerprint density at radius 1 is 1.36 bits per heavy atom. The molecule has 0 saturated heterocycles. The van der Waals surface area contributed by atoms with E-state index in [1.54, 1.807) is 0 Å². The minimum atomic E-state index is 0.638. The molecule has 0 atom stereocenters. The molecular weight excluding hydrogens is 176 g/mol. The number of aromatic nitrogens is 2. The highest BCUT2D eigenvalue weighted by Crippen LogP contribution is 2.24. The highest BCUT2D eigenvalue weighted by Gasteiger charge is 2.21. The highest BCUT2D eigenvalue weighted by molar-refractivity contribution is 5.48. The van der Waals surface area contributed by atoms with Crippen molar-refractivity contribution in [2.24, 2.45) is 0 Å². The third-order valence-electron chi connectivity index (χ3n) is 2.27. The Balaban J connectivity index is 2.19. The van der Waals surface area contributed by atoms with Crippen LogP contribution in [-0.4, -0.2) is 23.1 Å². The number of aryl methyl sites for hydroxylation is 1. The summed E-state index contributed by atoms with van der Waals surface area (Å²) in [7, 11) is 1.88. The van der Waals surface area contributed by atoms with E-state index in [4.69, 9.17) is 0 Å². The van der Waals surface area contributed by atoms with Gasteiger partial charge in [0, 0.05) is 25.6 Å². The zero-order valence-corrected chi connectivity index (χ0v) is 8.67. The van der Waals surface area contributed by atoms with Gasteiger partial charge < -0.3 is 10.6 Å². The molecule has 1 aromatic rings. The maximum Gasteiger partial charge on any atom is 0.132 e. The van der Waals surface area contributed by atoms with Crippen LogP contribution in [0.4, 0.5) is 11.6 Å². The Morgan fingerprint density at radius 3 is 2.64 bits per heavy atom. The molecule has 0 radical (unpaired) electrons. The van der Waals surface area contributed by atoms with Crippen LogP contribution in [0.2, 0.25) is 0 Å². The van der Waals surface area contributed by atoms with Gasteiger partial charge in [0.05, 0.1) is 0 Å². The van der Waals surface area contributed by atoms with Gasteiger partial charge in [0.15, 0.2) is 0 Å². The summed E-state index contributed by atoms with van der Waals surface area (Å²) in [6, 6.07) is 2.59. The predicted octanol–water partition coefficient (Wildman–Crippen LogP) is 1.65. The molecule has 1 saturated carbocycles. The normalized spacial score (nSPS) is 15.3. The second-order valence-corrected chi connectivity index (χ2v) is 3.58. The van der Waals surface area contributed by atoms with E-state index >= 15 is 0 Å². The second-order valence-electron chi connectivity index (χ2n) is 3.58. The number of hydrogen-bond acceptors (Lipinski definition) is 4. The predicted molar refractivity (Wildman–Crippen MR) is 57.6 cm³/mol. The van der Waals surface area contributed by atoms with E-state index < -0.39 is 0 Å². The SMILES string of the molecule is CCc1nc(NC)cc(NC2CC2)n1. The molecule has 2 N–H and O–H groups in total. The average Bonchev–Trinajstić information content (AvgIpc) is 3.01. The molecule has 76 valence electrons. The first kappa shape index (κ1) is 9.24. The number of nitrogens with one attached hydrogen (secondary N) is 2. The summed E-state index contributed by atoms with van der Waals surface area (Å²) in [5, 5.41) is 6.42. The molecule has 0 bridgehead atoms. The zero-order valence-electron chi connectivity index (χ0n) is 8.67. The molecular formula is C10H16N4. The van der Waals surface area contributed by atoms with Gasteiger partial charge in [-0.1, -0.05) is 6.92 Å². The minimum absolute atomic E-state index is 0.638. The maximum atomic E-state index is 4.42. The van der Waals surface area contributed by atoms with Gasteiger partial charge in [-0.25, -0.2) is 9.97 Å². The van der Waals surface area contributed by atoms with Crippen molar-refractivity contribution in [1.82, 2.24) is 9.97 Å². The molecule has 14 heavy (non-hydrogen) atoms. The van der Waals surface area contributed by atoms with Crippen LogP contribution in [0, 0.1) is 0 Å². The van der Waals surface area contributed by atoms with Crippen LogP contribution in [0.25, 0.3) is 0 Å². The van der Waals surface area contributed by atoms with Gasteiger partial charge in [-0.3, -0.25) is 0 Å². The number of rotatable bonds is 4. The van der Waals surface area contributed by atoms with Crippen LogP contribution in [0.1, 0.15) is 25.6 Å². The maximum absolute atomic E-state index is 4.42. The number of hydrogen-bond donors (Lipinski definition) is 2. The standard InChI is InChI=1S/C10H16N4/c1-3-8-13-9(11-2)6-10(14-8)12-7-4-5-7/h6-7H,3-5H2,1-2H3,(H2,11,12,13,14). The summed E-state index contributed by atoms with van der Waals surface area (Å²) in [4.78, 5) is 8.75. The first-order valence-corrected chi connectivity index (χ1v) is 5.14. The Morgan fingerprint density at radius 2 is 2.07 bits per heavy atom. The molecule has 1 heterocycles. The van der Waals surface area contributed by atoms with Crippen molar-refractivity contribution in [2.45, 2.75) is 32.2 Å². The summed E-state index contributed by atoms with van der Waals surface area (Å²) in [6.45, 7) is 2.07. The fourth-order valence-electron chi connectivity index (χ4n) is 1.29. The molecule has 0 spiro atoms. The molecule has 0 amide bonds. The average molecular weight is 192 g/mol. The molecule has 1 aromatic heterocycles. The van der Waals surface area contributed by atoms with E-state index in [9.17, 15) is 0 Å². The Labute approximate surface area is 84.2 Å². The Bertz CT molecular complexity index is 298. The van der Waals surface area contributed by atoms with Crippen LogP contribution in [0.15, 0.2) is 6.07 Å². The summed E-state index contributed by atoms with van der Waals surface area (Å²) < 4.78 is 0. The van der Waals surface area contributed by atoms with Crippen LogP contribution in [0.3, 0.4) is 0 Å². The Hall–Kier alpha value is -1.32. The quantitative estimate of drug-likeness (QED) is 0.761. The lowest BCUT2D eigenvalue weighted by Gasteiger charge is -2.07.